The molecule has 1 aromatic heterocycles. The second-order valence-electron chi connectivity index (χ2n) is 4.87. The van der Waals surface area contributed by atoms with Crippen LogP contribution in [0.25, 0.3) is 0 Å². The minimum Gasteiger partial charge on any atom is -0.389 e. The van der Waals surface area contributed by atoms with Gasteiger partial charge in [-0.15, -0.1) is 0 Å². The Hall–Kier alpha value is -0.800. The van der Waals surface area contributed by atoms with Crippen molar-refractivity contribution in [3.8, 4) is 0 Å². The first-order chi connectivity index (χ1) is 7.73. The molecule has 1 fully saturated rings. The van der Waals surface area contributed by atoms with Gasteiger partial charge in [0, 0.05) is 31.5 Å². The number of hydrogen-bond acceptors (Lipinski definition) is 2. The van der Waals surface area contributed by atoms with E-state index in [0.29, 0.717) is 0 Å². The Balaban J connectivity index is 1.78. The third-order valence-electron chi connectivity index (χ3n) is 3.43. The zero-order valence-corrected chi connectivity index (χ0v) is 10.1. The molecule has 2 N–H and O–H groups in total. The van der Waals surface area contributed by atoms with E-state index in [1.54, 1.807) is 0 Å². The Morgan fingerprint density at radius 2 is 2.31 bits per heavy atom. The molecule has 0 aliphatic heterocycles. The Morgan fingerprint density at radius 1 is 1.50 bits per heavy atom. The van der Waals surface area contributed by atoms with Crippen molar-refractivity contribution in [2.24, 2.45) is 0 Å². The number of rotatable bonds is 6. The van der Waals surface area contributed by atoms with Crippen LogP contribution in [0.5, 0.6) is 0 Å². The lowest BCUT2D eigenvalue weighted by atomic mass is 9.80. The predicted octanol–water partition coefficient (Wildman–Crippen LogP) is 1.90. The van der Waals surface area contributed by atoms with Crippen molar-refractivity contribution < 1.29 is 5.11 Å². The highest BCUT2D eigenvalue weighted by Crippen LogP contribution is 2.30. The maximum Gasteiger partial charge on any atom is 0.0771 e. The van der Waals surface area contributed by atoms with Crippen molar-refractivity contribution in [1.82, 2.24) is 9.88 Å². The summed E-state index contributed by atoms with van der Waals surface area (Å²) in [4.78, 5) is 0. The fourth-order valence-corrected chi connectivity index (χ4v) is 2.25. The van der Waals surface area contributed by atoms with Crippen molar-refractivity contribution in [2.45, 2.75) is 51.3 Å². The minimum absolute atomic E-state index is 0.415. The van der Waals surface area contributed by atoms with Crippen LogP contribution in [0.15, 0.2) is 18.3 Å². The van der Waals surface area contributed by atoms with Crippen LogP contribution in [0.3, 0.4) is 0 Å². The summed E-state index contributed by atoms with van der Waals surface area (Å²) in [6.45, 7) is 4.85. The van der Waals surface area contributed by atoms with Crippen molar-refractivity contribution in [3.05, 3.63) is 24.0 Å². The minimum atomic E-state index is -0.415. The third-order valence-corrected chi connectivity index (χ3v) is 3.43. The summed E-state index contributed by atoms with van der Waals surface area (Å²) in [5.41, 5.74) is 0.895. The lowest BCUT2D eigenvalue weighted by Gasteiger charge is -2.36. The van der Waals surface area contributed by atoms with Gasteiger partial charge in [-0.3, -0.25) is 0 Å². The molecule has 3 nitrogen and oxygen atoms in total. The highest BCUT2D eigenvalue weighted by atomic mass is 16.3. The molecule has 3 heteroatoms. The van der Waals surface area contributed by atoms with Crippen molar-refractivity contribution in [1.29, 1.82) is 0 Å². The molecule has 0 spiro atoms. The number of aromatic nitrogens is 1. The molecule has 1 heterocycles. The Kier molecular flexibility index (Phi) is 3.66. The van der Waals surface area contributed by atoms with Gasteiger partial charge in [0.25, 0.3) is 0 Å². The molecule has 1 aromatic rings. The molecule has 0 aromatic carbocycles. The second-order valence-corrected chi connectivity index (χ2v) is 4.87. The van der Waals surface area contributed by atoms with Crippen molar-refractivity contribution in [2.75, 3.05) is 6.54 Å². The van der Waals surface area contributed by atoms with E-state index in [9.17, 15) is 5.11 Å². The molecule has 0 unspecified atom stereocenters. The lowest BCUT2D eigenvalue weighted by Crippen LogP contribution is -2.46. The molecule has 1 saturated carbocycles. The Morgan fingerprint density at radius 3 is 2.94 bits per heavy atom. The number of aryl methyl sites for hydroxylation is 1. The van der Waals surface area contributed by atoms with Gasteiger partial charge in [-0.25, -0.2) is 0 Å². The summed E-state index contributed by atoms with van der Waals surface area (Å²) >= 11 is 0. The number of aliphatic hydroxyl groups is 1. The predicted molar refractivity (Wildman–Crippen MR) is 65.2 cm³/mol. The van der Waals surface area contributed by atoms with Gasteiger partial charge in [0.1, 0.15) is 0 Å². The largest absolute Gasteiger partial charge is 0.389 e. The van der Waals surface area contributed by atoms with Gasteiger partial charge < -0.3 is 15.0 Å². The van der Waals surface area contributed by atoms with E-state index in [1.165, 1.54) is 12.1 Å². The van der Waals surface area contributed by atoms with E-state index in [1.807, 2.05) is 0 Å². The maximum absolute atomic E-state index is 9.94. The molecular weight excluding hydrogens is 200 g/mol. The molecule has 0 amide bonds. The summed E-state index contributed by atoms with van der Waals surface area (Å²) < 4.78 is 2.28. The second kappa shape index (κ2) is 5.02. The highest BCUT2D eigenvalue weighted by Gasteiger charge is 2.33. The van der Waals surface area contributed by atoms with E-state index >= 15 is 0 Å². The van der Waals surface area contributed by atoms with Crippen LogP contribution in [-0.2, 0) is 13.1 Å². The van der Waals surface area contributed by atoms with Gasteiger partial charge in [-0.1, -0.05) is 6.92 Å². The van der Waals surface area contributed by atoms with Gasteiger partial charge in [-0.05, 0) is 37.8 Å². The molecule has 1 aliphatic carbocycles. The van der Waals surface area contributed by atoms with Gasteiger partial charge in [0.15, 0.2) is 0 Å². The summed E-state index contributed by atoms with van der Waals surface area (Å²) in [6, 6.07) is 4.23. The summed E-state index contributed by atoms with van der Waals surface area (Å²) in [5.74, 6) is 0. The lowest BCUT2D eigenvalue weighted by molar-refractivity contribution is -0.0315. The molecule has 16 heavy (non-hydrogen) atoms. The quantitative estimate of drug-likeness (QED) is 0.771. The van der Waals surface area contributed by atoms with E-state index in [0.717, 1.165) is 38.9 Å². The van der Waals surface area contributed by atoms with Crippen molar-refractivity contribution >= 4 is 0 Å². The Labute approximate surface area is 97.5 Å². The highest BCUT2D eigenvalue weighted by molar-refractivity contribution is 5.07. The van der Waals surface area contributed by atoms with Crippen LogP contribution in [0.4, 0.5) is 0 Å². The van der Waals surface area contributed by atoms with Gasteiger partial charge in [0.05, 0.1) is 5.60 Å². The molecule has 90 valence electrons. The van der Waals surface area contributed by atoms with Gasteiger partial charge >= 0.3 is 0 Å². The van der Waals surface area contributed by atoms with E-state index in [4.69, 9.17) is 0 Å². The number of hydrogen-bond donors (Lipinski definition) is 2. The van der Waals surface area contributed by atoms with Crippen LogP contribution in [0.2, 0.25) is 0 Å². The summed E-state index contributed by atoms with van der Waals surface area (Å²) in [5, 5.41) is 13.3. The normalized spacial score (nSPS) is 18.4. The van der Waals surface area contributed by atoms with Crippen LogP contribution in [-0.4, -0.2) is 21.8 Å². The van der Waals surface area contributed by atoms with E-state index < -0.39 is 5.60 Å². The van der Waals surface area contributed by atoms with Crippen LogP contribution >= 0.6 is 0 Å². The first-order valence-corrected chi connectivity index (χ1v) is 6.31. The standard InChI is InChI=1S/C13H22N2O/c1-2-8-15-9-3-5-12(15)10-14-11-13(16)6-4-7-13/h3,5,9,14,16H,2,4,6-8,10-11H2,1H3. The molecule has 2 rings (SSSR count). The monoisotopic (exact) mass is 222 g/mol. The molecule has 0 bridgehead atoms. The zero-order valence-electron chi connectivity index (χ0n) is 10.1. The first kappa shape index (κ1) is 11.7. The fraction of sp³-hybridized carbons (Fsp3) is 0.692. The van der Waals surface area contributed by atoms with Crippen LogP contribution < -0.4 is 5.32 Å². The van der Waals surface area contributed by atoms with Crippen LogP contribution in [0, 0.1) is 0 Å². The average molecular weight is 222 g/mol. The molecule has 1 aliphatic rings. The fourth-order valence-electron chi connectivity index (χ4n) is 2.25. The molecule has 0 saturated heterocycles. The number of nitrogens with zero attached hydrogens (tertiary/aromatic N) is 1. The zero-order chi connectivity index (χ0) is 11.4. The van der Waals surface area contributed by atoms with E-state index in [2.05, 4.69) is 35.1 Å². The number of nitrogens with one attached hydrogen (secondary N) is 1. The Bertz CT molecular complexity index is 328. The molecule has 0 radical (unpaired) electrons. The summed E-state index contributed by atoms with van der Waals surface area (Å²) in [6.07, 6.45) is 6.36. The average Bonchev–Trinajstić information content (AvgIpc) is 2.64. The molecular formula is C13H22N2O. The third kappa shape index (κ3) is 2.66. The van der Waals surface area contributed by atoms with Gasteiger partial charge in [0.2, 0.25) is 0 Å². The van der Waals surface area contributed by atoms with E-state index in [-0.39, 0.29) is 0 Å². The van der Waals surface area contributed by atoms with Gasteiger partial charge in [-0.2, -0.15) is 0 Å². The topological polar surface area (TPSA) is 37.2 Å². The summed E-state index contributed by atoms with van der Waals surface area (Å²) in [7, 11) is 0. The van der Waals surface area contributed by atoms with Crippen molar-refractivity contribution in [3.63, 3.8) is 0 Å². The van der Waals surface area contributed by atoms with Crippen LogP contribution in [0.1, 0.15) is 38.3 Å². The molecule has 0 atom stereocenters. The SMILES string of the molecule is CCCn1cccc1CNCC1(O)CCC1. The smallest absolute Gasteiger partial charge is 0.0771 e. The first-order valence-electron chi connectivity index (χ1n) is 6.31. The maximum atomic E-state index is 9.94.